The standard InChI is InChI=1S/C16H19ClN2O4/c1-19(2)15(21)12-8-11(5-6-13(12)17)18-14(20)9-3-4-10(7-9)16(22)23/h5-6,8-10H,3-4,7H2,1-2H3,(H,18,20)(H,22,23)/t9-,10+/m1/s1. The van der Waals surface area contributed by atoms with E-state index in [1.54, 1.807) is 26.2 Å². The quantitative estimate of drug-likeness (QED) is 0.883. The van der Waals surface area contributed by atoms with Crippen molar-refractivity contribution in [2.75, 3.05) is 19.4 Å². The second kappa shape index (κ2) is 7.00. The van der Waals surface area contributed by atoms with Crippen molar-refractivity contribution in [1.82, 2.24) is 4.90 Å². The number of hydrogen-bond acceptors (Lipinski definition) is 3. The van der Waals surface area contributed by atoms with Crippen LogP contribution in [-0.4, -0.2) is 41.9 Å². The zero-order chi connectivity index (χ0) is 17.1. The third-order valence-electron chi connectivity index (χ3n) is 4.02. The Morgan fingerprint density at radius 1 is 1.22 bits per heavy atom. The van der Waals surface area contributed by atoms with Crippen molar-refractivity contribution in [2.24, 2.45) is 11.8 Å². The van der Waals surface area contributed by atoms with Crippen LogP contribution in [0.15, 0.2) is 18.2 Å². The number of carbonyl (C=O) groups is 3. The molecule has 1 fully saturated rings. The van der Waals surface area contributed by atoms with E-state index in [4.69, 9.17) is 16.7 Å². The van der Waals surface area contributed by atoms with Crippen LogP contribution in [0.25, 0.3) is 0 Å². The second-order valence-electron chi connectivity index (χ2n) is 5.93. The molecule has 1 saturated carbocycles. The summed E-state index contributed by atoms with van der Waals surface area (Å²) in [4.78, 5) is 36.7. The number of nitrogens with one attached hydrogen (secondary N) is 1. The molecule has 1 aliphatic carbocycles. The third-order valence-corrected chi connectivity index (χ3v) is 4.35. The van der Waals surface area contributed by atoms with Gasteiger partial charge in [0.1, 0.15) is 0 Å². The van der Waals surface area contributed by atoms with E-state index >= 15 is 0 Å². The first-order valence-corrected chi connectivity index (χ1v) is 7.72. The van der Waals surface area contributed by atoms with Crippen LogP contribution in [0.4, 0.5) is 5.69 Å². The molecule has 0 heterocycles. The zero-order valence-electron chi connectivity index (χ0n) is 13.0. The Balaban J connectivity index is 2.09. The number of carbonyl (C=O) groups excluding carboxylic acids is 2. The van der Waals surface area contributed by atoms with Gasteiger partial charge in [-0.25, -0.2) is 0 Å². The van der Waals surface area contributed by atoms with Gasteiger partial charge in [-0.1, -0.05) is 11.6 Å². The molecule has 0 aromatic heterocycles. The van der Waals surface area contributed by atoms with Crippen molar-refractivity contribution in [3.05, 3.63) is 28.8 Å². The summed E-state index contributed by atoms with van der Waals surface area (Å²) in [5, 5.41) is 12.1. The lowest BCUT2D eigenvalue weighted by Crippen LogP contribution is -2.23. The number of rotatable bonds is 4. The van der Waals surface area contributed by atoms with Gasteiger partial charge in [-0.05, 0) is 37.5 Å². The van der Waals surface area contributed by atoms with Crippen LogP contribution in [0.1, 0.15) is 29.6 Å². The summed E-state index contributed by atoms with van der Waals surface area (Å²) in [6.45, 7) is 0. The van der Waals surface area contributed by atoms with E-state index in [0.29, 0.717) is 35.5 Å². The molecule has 6 nitrogen and oxygen atoms in total. The number of benzene rings is 1. The Bertz CT molecular complexity index is 645. The van der Waals surface area contributed by atoms with Crippen LogP contribution < -0.4 is 5.32 Å². The summed E-state index contributed by atoms with van der Waals surface area (Å²) in [7, 11) is 3.24. The van der Waals surface area contributed by atoms with E-state index in [1.165, 1.54) is 11.0 Å². The Kier molecular flexibility index (Phi) is 5.26. The van der Waals surface area contributed by atoms with Crippen molar-refractivity contribution in [3.63, 3.8) is 0 Å². The summed E-state index contributed by atoms with van der Waals surface area (Å²) in [6, 6.07) is 4.71. The molecule has 0 aliphatic heterocycles. The van der Waals surface area contributed by atoms with Crippen LogP contribution in [0.5, 0.6) is 0 Å². The molecule has 0 bridgehead atoms. The maximum Gasteiger partial charge on any atom is 0.306 e. The maximum absolute atomic E-state index is 12.3. The predicted octanol–water partition coefficient (Wildman–Crippen LogP) is 2.48. The van der Waals surface area contributed by atoms with Gasteiger partial charge >= 0.3 is 5.97 Å². The molecule has 7 heteroatoms. The van der Waals surface area contributed by atoms with Crippen molar-refractivity contribution in [1.29, 1.82) is 0 Å². The second-order valence-corrected chi connectivity index (χ2v) is 6.34. The van der Waals surface area contributed by atoms with Crippen LogP contribution in [-0.2, 0) is 9.59 Å². The molecule has 0 spiro atoms. The number of amides is 2. The minimum absolute atomic E-state index is 0.223. The van der Waals surface area contributed by atoms with E-state index in [1.807, 2.05) is 0 Å². The molecule has 2 atom stereocenters. The molecule has 2 rings (SSSR count). The van der Waals surface area contributed by atoms with Crippen molar-refractivity contribution >= 4 is 35.1 Å². The van der Waals surface area contributed by atoms with Gasteiger partial charge in [0.2, 0.25) is 5.91 Å². The molecule has 2 N–H and O–H groups in total. The summed E-state index contributed by atoms with van der Waals surface area (Å²) in [6.07, 6.45) is 1.41. The van der Waals surface area contributed by atoms with Gasteiger partial charge in [0.25, 0.3) is 5.91 Å². The van der Waals surface area contributed by atoms with Gasteiger partial charge in [-0.15, -0.1) is 0 Å². The lowest BCUT2D eigenvalue weighted by atomic mass is 10.0. The molecule has 0 saturated heterocycles. The molecule has 1 aromatic rings. The SMILES string of the molecule is CN(C)C(=O)c1cc(NC(=O)[C@@H]2CC[C@H](C(=O)O)C2)ccc1Cl. The summed E-state index contributed by atoms with van der Waals surface area (Å²) in [5.41, 5.74) is 0.785. The highest BCUT2D eigenvalue weighted by Crippen LogP contribution is 2.32. The zero-order valence-corrected chi connectivity index (χ0v) is 13.8. The van der Waals surface area contributed by atoms with Crippen LogP contribution >= 0.6 is 11.6 Å². The van der Waals surface area contributed by atoms with E-state index in [-0.39, 0.29) is 17.7 Å². The molecule has 1 aromatic carbocycles. The molecule has 0 unspecified atom stereocenters. The van der Waals surface area contributed by atoms with E-state index < -0.39 is 11.9 Å². The number of carboxylic acids is 1. The van der Waals surface area contributed by atoms with Crippen LogP contribution in [0, 0.1) is 11.8 Å². The average molecular weight is 339 g/mol. The molecule has 0 radical (unpaired) electrons. The molecular weight excluding hydrogens is 320 g/mol. The Hall–Kier alpha value is -2.08. The minimum atomic E-state index is -0.856. The fourth-order valence-corrected chi connectivity index (χ4v) is 2.89. The van der Waals surface area contributed by atoms with Gasteiger partial charge in [-0.3, -0.25) is 14.4 Å². The molecule has 1 aliphatic rings. The number of anilines is 1. The first-order valence-electron chi connectivity index (χ1n) is 7.34. The smallest absolute Gasteiger partial charge is 0.306 e. The predicted molar refractivity (Wildman–Crippen MR) is 86.6 cm³/mol. The Morgan fingerprint density at radius 2 is 1.87 bits per heavy atom. The van der Waals surface area contributed by atoms with Gasteiger partial charge in [-0.2, -0.15) is 0 Å². The van der Waals surface area contributed by atoms with Gasteiger partial charge in [0.05, 0.1) is 16.5 Å². The number of halogens is 1. The molecule has 23 heavy (non-hydrogen) atoms. The van der Waals surface area contributed by atoms with Crippen molar-refractivity contribution in [2.45, 2.75) is 19.3 Å². The monoisotopic (exact) mass is 338 g/mol. The third kappa shape index (κ3) is 4.01. The lowest BCUT2D eigenvalue weighted by molar-refractivity contribution is -0.141. The highest BCUT2D eigenvalue weighted by molar-refractivity contribution is 6.34. The van der Waals surface area contributed by atoms with Gasteiger partial charge < -0.3 is 15.3 Å². The Morgan fingerprint density at radius 3 is 2.43 bits per heavy atom. The molecule has 124 valence electrons. The van der Waals surface area contributed by atoms with Gasteiger partial charge in [0, 0.05) is 25.7 Å². The first-order chi connectivity index (χ1) is 10.8. The largest absolute Gasteiger partial charge is 0.481 e. The highest BCUT2D eigenvalue weighted by Gasteiger charge is 2.33. The number of aliphatic carboxylic acids is 1. The molecular formula is C16H19ClN2O4. The van der Waals surface area contributed by atoms with E-state index in [0.717, 1.165) is 0 Å². The van der Waals surface area contributed by atoms with E-state index in [2.05, 4.69) is 5.32 Å². The van der Waals surface area contributed by atoms with Crippen LogP contribution in [0.3, 0.4) is 0 Å². The average Bonchev–Trinajstić information content (AvgIpc) is 2.98. The van der Waals surface area contributed by atoms with Crippen LogP contribution in [0.2, 0.25) is 5.02 Å². The van der Waals surface area contributed by atoms with Crippen molar-refractivity contribution in [3.8, 4) is 0 Å². The normalized spacial score (nSPS) is 20.1. The number of carboxylic acid groups (broad SMARTS) is 1. The minimum Gasteiger partial charge on any atom is -0.481 e. The topological polar surface area (TPSA) is 86.7 Å². The van der Waals surface area contributed by atoms with Gasteiger partial charge in [0.15, 0.2) is 0 Å². The fraction of sp³-hybridized carbons (Fsp3) is 0.438. The summed E-state index contributed by atoms with van der Waals surface area (Å²) < 4.78 is 0. The number of nitrogens with zero attached hydrogens (tertiary/aromatic N) is 1. The Labute approximate surface area is 139 Å². The summed E-state index contributed by atoms with van der Waals surface area (Å²) in [5.74, 6) is -2.11. The molecule has 2 amide bonds. The lowest BCUT2D eigenvalue weighted by Gasteiger charge is -2.14. The van der Waals surface area contributed by atoms with Crippen molar-refractivity contribution < 1.29 is 19.5 Å². The fourth-order valence-electron chi connectivity index (χ4n) is 2.70. The maximum atomic E-state index is 12.3. The highest BCUT2D eigenvalue weighted by atomic mass is 35.5. The summed E-state index contributed by atoms with van der Waals surface area (Å²) >= 11 is 6.03. The first kappa shape index (κ1) is 17.3. The van der Waals surface area contributed by atoms with E-state index in [9.17, 15) is 14.4 Å². The number of hydrogen-bond donors (Lipinski definition) is 2.